The number of hydrogen-bond donors (Lipinski definition) is 1. The molecule has 0 fully saturated rings. The van der Waals surface area contributed by atoms with Crippen LogP contribution in [0.2, 0.25) is 0 Å². The molecule has 0 aromatic heterocycles. The van der Waals surface area contributed by atoms with Crippen molar-refractivity contribution in [3.05, 3.63) is 76.5 Å². The Morgan fingerprint density at radius 2 is 1.75 bits per heavy atom. The molecule has 0 spiro atoms. The summed E-state index contributed by atoms with van der Waals surface area (Å²) in [7, 11) is 1.86. The van der Waals surface area contributed by atoms with Gasteiger partial charge in [-0.2, -0.15) is 13.2 Å². The van der Waals surface area contributed by atoms with Crippen LogP contribution in [0.15, 0.2) is 75.4 Å². The molecule has 0 bridgehead atoms. The van der Waals surface area contributed by atoms with Gasteiger partial charge in [0.2, 0.25) is 5.96 Å². The molecule has 1 aliphatic carbocycles. The van der Waals surface area contributed by atoms with Crippen molar-refractivity contribution in [2.24, 2.45) is 9.98 Å². The average molecular weight is 444 g/mol. The first-order valence-corrected chi connectivity index (χ1v) is 10.6. The van der Waals surface area contributed by atoms with Crippen molar-refractivity contribution in [2.75, 3.05) is 13.6 Å². The summed E-state index contributed by atoms with van der Waals surface area (Å²) in [5.74, 6) is 0.426. The zero-order valence-electron chi connectivity index (χ0n) is 18.7. The van der Waals surface area contributed by atoms with Crippen LogP contribution in [0.25, 0.3) is 5.57 Å². The fourth-order valence-electron chi connectivity index (χ4n) is 3.63. The summed E-state index contributed by atoms with van der Waals surface area (Å²) >= 11 is 0. The lowest BCUT2D eigenvalue weighted by Gasteiger charge is -2.22. The standard InChI is InChI=1S/C25H28F3N3O/c1-5-6-15-31(4)24-29-21-16(2)11-7-8-12-17(3)23(32)20(22(21)30-24)18-13-9-10-14-19(18)25(26,27)28/h7-14,23,32H,5-6,15H2,1-4H3/b8-7-,16-11+,17-12+,22-20+. The van der Waals surface area contributed by atoms with Crippen LogP contribution in [-0.2, 0) is 6.18 Å². The van der Waals surface area contributed by atoms with Gasteiger partial charge in [-0.1, -0.05) is 55.8 Å². The molecule has 170 valence electrons. The van der Waals surface area contributed by atoms with E-state index in [1.165, 1.54) is 18.2 Å². The average Bonchev–Trinajstić information content (AvgIpc) is 3.19. The molecule has 7 heteroatoms. The maximum absolute atomic E-state index is 13.9. The number of allylic oxidation sites excluding steroid dienone is 5. The molecule has 0 amide bonds. The number of nitrogens with zero attached hydrogens (tertiary/aromatic N) is 3. The van der Waals surface area contributed by atoms with Crippen molar-refractivity contribution in [3.63, 3.8) is 0 Å². The first-order chi connectivity index (χ1) is 15.1. The van der Waals surface area contributed by atoms with Crippen LogP contribution >= 0.6 is 0 Å². The van der Waals surface area contributed by atoms with Crippen LogP contribution < -0.4 is 0 Å². The normalized spacial score (nSPS) is 25.7. The lowest BCUT2D eigenvalue weighted by atomic mass is 9.88. The molecule has 3 rings (SSSR count). The van der Waals surface area contributed by atoms with Gasteiger partial charge in [-0.05, 0) is 43.0 Å². The van der Waals surface area contributed by atoms with Gasteiger partial charge in [0.1, 0.15) is 6.10 Å². The molecule has 1 atom stereocenters. The Kier molecular flexibility index (Phi) is 7.19. The fraction of sp³-hybridized carbons (Fsp3) is 0.360. The van der Waals surface area contributed by atoms with Crippen molar-refractivity contribution in [1.29, 1.82) is 0 Å². The zero-order chi connectivity index (χ0) is 23.5. The van der Waals surface area contributed by atoms with Gasteiger partial charge in [0.25, 0.3) is 0 Å². The summed E-state index contributed by atoms with van der Waals surface area (Å²) in [6.07, 6.45) is 3.18. The second-order valence-electron chi connectivity index (χ2n) is 8.00. The smallest absolute Gasteiger partial charge is 0.384 e. The first-order valence-electron chi connectivity index (χ1n) is 10.6. The maximum Gasteiger partial charge on any atom is 0.416 e. The van der Waals surface area contributed by atoms with Crippen LogP contribution in [0.1, 0.15) is 44.7 Å². The van der Waals surface area contributed by atoms with E-state index in [2.05, 4.69) is 16.9 Å². The minimum atomic E-state index is -4.58. The minimum absolute atomic E-state index is 0.0958. The van der Waals surface area contributed by atoms with Gasteiger partial charge in [-0.25, -0.2) is 9.98 Å². The number of rotatable bonds is 4. The van der Waals surface area contributed by atoms with Crippen molar-refractivity contribution < 1.29 is 18.3 Å². The summed E-state index contributed by atoms with van der Waals surface area (Å²) in [6, 6.07) is 5.29. The first kappa shape index (κ1) is 23.7. The van der Waals surface area contributed by atoms with Gasteiger partial charge in [-0.15, -0.1) is 0 Å². The Morgan fingerprint density at radius 3 is 2.44 bits per heavy atom. The molecular formula is C25H28F3N3O. The largest absolute Gasteiger partial charge is 0.416 e. The van der Waals surface area contributed by atoms with Crippen molar-refractivity contribution in [2.45, 2.75) is 45.9 Å². The number of aliphatic hydroxyl groups excluding tert-OH is 1. The van der Waals surface area contributed by atoms with Crippen LogP contribution in [0.5, 0.6) is 0 Å². The van der Waals surface area contributed by atoms with Gasteiger partial charge in [0.05, 0.1) is 17.0 Å². The Morgan fingerprint density at radius 1 is 1.06 bits per heavy atom. The van der Waals surface area contributed by atoms with E-state index < -0.39 is 17.8 Å². The number of alkyl halides is 3. The van der Waals surface area contributed by atoms with Crippen molar-refractivity contribution >= 4 is 17.2 Å². The SMILES string of the molecule is CCCCN(C)C1=N/C2=C(\c3ccccc3C(F)(F)F)C(O)/C(C)=C/C=C\C=C(/C)C2=N1. The lowest BCUT2D eigenvalue weighted by molar-refractivity contribution is -0.137. The van der Waals surface area contributed by atoms with Crippen LogP contribution in [0, 0.1) is 0 Å². The molecule has 1 N–H and O–H groups in total. The summed E-state index contributed by atoms with van der Waals surface area (Å²) in [5, 5.41) is 11.2. The Bertz CT molecular complexity index is 1060. The predicted molar refractivity (Wildman–Crippen MR) is 123 cm³/mol. The number of benzene rings is 1. The molecule has 1 aromatic carbocycles. The Labute approximate surface area is 186 Å². The molecule has 1 heterocycles. The van der Waals surface area contributed by atoms with Gasteiger partial charge in [0.15, 0.2) is 0 Å². The summed E-state index contributed by atoms with van der Waals surface area (Å²) < 4.78 is 41.7. The molecule has 0 saturated heterocycles. The second kappa shape index (κ2) is 9.69. The van der Waals surface area contributed by atoms with Gasteiger partial charge >= 0.3 is 6.18 Å². The second-order valence-corrected chi connectivity index (χ2v) is 8.00. The number of fused-ring (bicyclic) bond motifs is 1. The lowest BCUT2D eigenvalue weighted by Crippen LogP contribution is -2.25. The number of unbranched alkanes of at least 4 members (excludes halogenated alkanes) is 1. The number of aliphatic hydroxyl groups is 1. The highest BCUT2D eigenvalue weighted by Gasteiger charge is 2.37. The topological polar surface area (TPSA) is 48.2 Å². The number of guanidine groups is 1. The Hall–Kier alpha value is -2.93. The van der Waals surface area contributed by atoms with E-state index in [4.69, 9.17) is 0 Å². The maximum atomic E-state index is 13.9. The van der Waals surface area contributed by atoms with Crippen LogP contribution in [0.4, 0.5) is 13.2 Å². The third kappa shape index (κ3) is 4.93. The molecule has 1 aliphatic heterocycles. The molecule has 32 heavy (non-hydrogen) atoms. The van der Waals surface area contributed by atoms with E-state index in [1.54, 1.807) is 19.1 Å². The van der Waals surface area contributed by atoms with Gasteiger partial charge in [0, 0.05) is 19.2 Å². The molecule has 4 nitrogen and oxygen atoms in total. The Balaban J connectivity index is 2.33. The van der Waals surface area contributed by atoms with E-state index in [0.29, 0.717) is 17.2 Å². The number of halogens is 3. The molecule has 2 aliphatic rings. The third-order valence-corrected chi connectivity index (χ3v) is 5.51. The summed E-state index contributed by atoms with van der Waals surface area (Å²) in [5.41, 5.74) is 1.19. The quantitative estimate of drug-likeness (QED) is 0.641. The monoisotopic (exact) mass is 443 g/mol. The molecule has 0 saturated carbocycles. The third-order valence-electron chi connectivity index (χ3n) is 5.51. The molecule has 1 unspecified atom stereocenters. The van der Waals surface area contributed by atoms with Crippen molar-refractivity contribution in [1.82, 2.24) is 4.90 Å². The predicted octanol–water partition coefficient (Wildman–Crippen LogP) is 5.78. The minimum Gasteiger partial charge on any atom is -0.384 e. The van der Waals surface area contributed by atoms with E-state index >= 15 is 0 Å². The highest BCUT2D eigenvalue weighted by molar-refractivity contribution is 6.24. The molecule has 0 radical (unpaired) electrons. The fourth-order valence-corrected chi connectivity index (χ4v) is 3.63. The van der Waals surface area contributed by atoms with Crippen LogP contribution in [-0.4, -0.2) is 41.4 Å². The van der Waals surface area contributed by atoms with Crippen LogP contribution in [0.3, 0.4) is 0 Å². The van der Waals surface area contributed by atoms with E-state index in [9.17, 15) is 18.3 Å². The summed E-state index contributed by atoms with van der Waals surface area (Å²) in [4.78, 5) is 11.2. The molecular weight excluding hydrogens is 415 g/mol. The number of hydrogen-bond acceptors (Lipinski definition) is 4. The van der Waals surface area contributed by atoms with E-state index in [-0.39, 0.29) is 16.8 Å². The number of aliphatic imine (C=N–C) groups is 2. The molecule has 1 aromatic rings. The van der Waals surface area contributed by atoms with Gasteiger partial charge < -0.3 is 10.0 Å². The highest BCUT2D eigenvalue weighted by Crippen LogP contribution is 2.40. The zero-order valence-corrected chi connectivity index (χ0v) is 18.7. The van der Waals surface area contributed by atoms with E-state index in [0.717, 1.165) is 31.0 Å². The summed E-state index contributed by atoms with van der Waals surface area (Å²) in [6.45, 7) is 6.33. The van der Waals surface area contributed by atoms with Crippen molar-refractivity contribution in [3.8, 4) is 0 Å². The van der Waals surface area contributed by atoms with Gasteiger partial charge in [-0.3, -0.25) is 0 Å². The van der Waals surface area contributed by atoms with E-state index in [1.807, 2.05) is 31.0 Å². The highest BCUT2D eigenvalue weighted by atomic mass is 19.4.